The van der Waals surface area contributed by atoms with Gasteiger partial charge < -0.3 is 26.2 Å². The number of rotatable bonds is 7. The van der Waals surface area contributed by atoms with E-state index in [0.717, 1.165) is 4.88 Å². The summed E-state index contributed by atoms with van der Waals surface area (Å²) in [6, 6.07) is 1.96. The van der Waals surface area contributed by atoms with E-state index in [0.29, 0.717) is 6.42 Å². The van der Waals surface area contributed by atoms with Crippen LogP contribution in [0.15, 0.2) is 17.5 Å². The average Bonchev–Trinajstić information content (AvgIpc) is 2.89. The summed E-state index contributed by atoms with van der Waals surface area (Å²) in [7, 11) is -4.41. The summed E-state index contributed by atoms with van der Waals surface area (Å²) in [5.41, 5.74) is 5.77. The molecule has 0 aliphatic heterocycles. The number of carbonyl (C=O) groups is 2. The summed E-state index contributed by atoms with van der Waals surface area (Å²) in [6.07, 6.45) is 0.358. The van der Waals surface area contributed by atoms with Crippen LogP contribution in [0.4, 0.5) is 0 Å². The molecule has 0 fully saturated rings. The number of amides is 2. The molecule has 124 valence electrons. The van der Waals surface area contributed by atoms with Crippen molar-refractivity contribution in [3.63, 3.8) is 0 Å². The minimum Gasteiger partial charge on any atom is -0.343 e. The Morgan fingerprint density at radius 3 is 2.45 bits per heavy atom. The summed E-state index contributed by atoms with van der Waals surface area (Å²) in [5.74, 6) is -2.51. The molecule has 22 heavy (non-hydrogen) atoms. The van der Waals surface area contributed by atoms with Gasteiger partial charge in [0.25, 0.3) is 0 Å². The van der Waals surface area contributed by atoms with Gasteiger partial charge in [0, 0.05) is 11.3 Å². The number of carbonyl (C=O) groups excluding carboxylic acids is 2. The monoisotopic (exact) mass is 349 g/mol. The lowest BCUT2D eigenvalue weighted by molar-refractivity contribution is -0.129. The first kappa shape index (κ1) is 18.8. The smallest absolute Gasteiger partial charge is 0.343 e. The van der Waals surface area contributed by atoms with E-state index >= 15 is 0 Å². The fraction of sp³-hybridized carbons (Fsp3) is 0.500. The van der Waals surface area contributed by atoms with Crippen molar-refractivity contribution in [2.75, 3.05) is 0 Å². The van der Waals surface area contributed by atoms with Crippen LogP contribution in [0, 0.1) is 0 Å². The van der Waals surface area contributed by atoms with Gasteiger partial charge in [-0.2, -0.15) is 0 Å². The van der Waals surface area contributed by atoms with Crippen molar-refractivity contribution in [3.8, 4) is 0 Å². The third-order valence-electron chi connectivity index (χ3n) is 2.95. The molecule has 0 saturated carbocycles. The quantitative estimate of drug-likeness (QED) is 0.430. The first-order chi connectivity index (χ1) is 10.1. The molecule has 8 nitrogen and oxygen atoms in total. The van der Waals surface area contributed by atoms with Crippen LogP contribution in [-0.2, 0) is 20.6 Å². The van der Waals surface area contributed by atoms with Crippen LogP contribution in [-0.4, -0.2) is 39.5 Å². The predicted octanol–water partition coefficient (Wildman–Crippen LogP) is -0.237. The van der Waals surface area contributed by atoms with Crippen molar-refractivity contribution in [2.45, 2.75) is 38.1 Å². The van der Waals surface area contributed by atoms with Gasteiger partial charge in [0.2, 0.25) is 11.8 Å². The van der Waals surface area contributed by atoms with E-state index in [9.17, 15) is 14.2 Å². The van der Waals surface area contributed by atoms with Crippen LogP contribution in [0.25, 0.3) is 0 Å². The molecular weight excluding hydrogens is 329 g/mol. The van der Waals surface area contributed by atoms with Crippen LogP contribution in [0.1, 0.15) is 18.7 Å². The van der Waals surface area contributed by atoms with Crippen LogP contribution >= 0.6 is 18.9 Å². The maximum atomic E-state index is 11.9. The molecule has 1 rings (SSSR count). The number of hydrogen-bond donors (Lipinski definition) is 5. The largest absolute Gasteiger partial charge is 0.347 e. The molecule has 1 heterocycles. The third-order valence-corrected chi connectivity index (χ3v) is 4.98. The molecular formula is C12H20N3O5PS. The Morgan fingerprint density at radius 1 is 1.32 bits per heavy atom. The second kappa shape index (κ2) is 7.85. The first-order valence-corrected chi connectivity index (χ1v) is 9.11. The van der Waals surface area contributed by atoms with E-state index in [2.05, 4.69) is 10.6 Å². The molecule has 0 aliphatic carbocycles. The Morgan fingerprint density at radius 2 is 1.95 bits per heavy atom. The Kier molecular flexibility index (Phi) is 6.70. The minimum atomic E-state index is -4.41. The summed E-state index contributed by atoms with van der Waals surface area (Å²) < 4.78 is 11.0. The van der Waals surface area contributed by atoms with E-state index in [-0.39, 0.29) is 0 Å². The van der Waals surface area contributed by atoms with E-state index in [4.69, 9.17) is 15.5 Å². The maximum Gasteiger partial charge on any atom is 0.347 e. The lowest BCUT2D eigenvalue weighted by Crippen LogP contribution is -2.52. The molecule has 3 atom stereocenters. The van der Waals surface area contributed by atoms with Gasteiger partial charge in [-0.15, -0.1) is 11.3 Å². The zero-order chi connectivity index (χ0) is 16.9. The van der Waals surface area contributed by atoms with Crippen LogP contribution in [0.3, 0.4) is 0 Å². The zero-order valence-corrected chi connectivity index (χ0v) is 13.9. The number of hydrogen-bond acceptors (Lipinski definition) is 5. The lowest BCUT2D eigenvalue weighted by atomic mass is 10.1. The molecule has 0 spiro atoms. The zero-order valence-electron chi connectivity index (χ0n) is 12.2. The molecule has 2 amide bonds. The van der Waals surface area contributed by atoms with Gasteiger partial charge in [-0.05, 0) is 25.3 Å². The van der Waals surface area contributed by atoms with Crippen LogP contribution in [0.2, 0.25) is 0 Å². The van der Waals surface area contributed by atoms with Gasteiger partial charge in [-0.25, -0.2) is 0 Å². The topological polar surface area (TPSA) is 142 Å². The molecule has 0 radical (unpaired) electrons. The fourth-order valence-corrected chi connectivity index (χ4v) is 2.60. The van der Waals surface area contributed by atoms with Gasteiger partial charge in [0.1, 0.15) is 11.8 Å². The Hall–Kier alpha value is -1.25. The maximum absolute atomic E-state index is 11.9. The van der Waals surface area contributed by atoms with E-state index in [1.165, 1.54) is 25.2 Å². The second-order valence-electron chi connectivity index (χ2n) is 4.89. The van der Waals surface area contributed by atoms with Crippen LogP contribution < -0.4 is 16.4 Å². The highest BCUT2D eigenvalue weighted by molar-refractivity contribution is 7.52. The van der Waals surface area contributed by atoms with E-state index < -0.39 is 37.3 Å². The van der Waals surface area contributed by atoms with E-state index in [1.54, 1.807) is 0 Å². The molecule has 0 aromatic carbocycles. The SMILES string of the molecule is CC(NC(=O)[C@H](C)NC(=O)[C@@H](N)Cc1cccs1)P(=O)(O)O. The fourth-order valence-electron chi connectivity index (χ4n) is 1.54. The molecule has 1 unspecified atom stereocenters. The van der Waals surface area contributed by atoms with Crippen molar-refractivity contribution in [3.05, 3.63) is 22.4 Å². The Bertz CT molecular complexity index is 559. The van der Waals surface area contributed by atoms with Crippen molar-refractivity contribution in [1.82, 2.24) is 10.6 Å². The average molecular weight is 349 g/mol. The predicted molar refractivity (Wildman–Crippen MR) is 83.3 cm³/mol. The normalized spacial score (nSPS) is 15.7. The third kappa shape index (κ3) is 5.86. The van der Waals surface area contributed by atoms with Gasteiger partial charge in [0.15, 0.2) is 0 Å². The highest BCUT2D eigenvalue weighted by Gasteiger charge is 2.28. The minimum absolute atomic E-state index is 0.358. The first-order valence-electron chi connectivity index (χ1n) is 6.55. The van der Waals surface area contributed by atoms with E-state index in [1.807, 2.05) is 17.5 Å². The molecule has 0 saturated heterocycles. The highest BCUT2D eigenvalue weighted by atomic mass is 32.1. The molecule has 6 N–H and O–H groups in total. The van der Waals surface area contributed by atoms with Crippen molar-refractivity contribution < 1.29 is 23.9 Å². The van der Waals surface area contributed by atoms with Crippen molar-refractivity contribution in [2.24, 2.45) is 5.73 Å². The Labute approximate surface area is 132 Å². The Balaban J connectivity index is 2.49. The van der Waals surface area contributed by atoms with Gasteiger partial charge in [-0.1, -0.05) is 6.07 Å². The summed E-state index contributed by atoms with van der Waals surface area (Å²) in [5, 5.41) is 6.45. The summed E-state index contributed by atoms with van der Waals surface area (Å²) >= 11 is 1.48. The van der Waals surface area contributed by atoms with Gasteiger partial charge >= 0.3 is 7.60 Å². The second-order valence-corrected chi connectivity index (χ2v) is 7.88. The number of nitrogens with one attached hydrogen (secondary N) is 2. The van der Waals surface area contributed by atoms with Gasteiger partial charge in [0.05, 0.1) is 6.04 Å². The molecule has 1 aromatic rings. The highest BCUT2D eigenvalue weighted by Crippen LogP contribution is 2.39. The van der Waals surface area contributed by atoms with Crippen molar-refractivity contribution >= 4 is 30.7 Å². The van der Waals surface area contributed by atoms with Crippen LogP contribution in [0.5, 0.6) is 0 Å². The lowest BCUT2D eigenvalue weighted by Gasteiger charge is -2.20. The molecule has 10 heteroatoms. The number of nitrogens with two attached hydrogens (primary N) is 1. The summed E-state index contributed by atoms with van der Waals surface area (Å²) in [4.78, 5) is 42.5. The molecule has 0 aliphatic rings. The van der Waals surface area contributed by atoms with Crippen molar-refractivity contribution in [1.29, 1.82) is 0 Å². The molecule has 1 aromatic heterocycles. The standard InChI is InChI=1S/C12H20N3O5PS/c1-7(11(16)15-8(2)21(18,19)20)14-12(17)10(13)6-9-4-3-5-22-9/h3-5,7-8,10H,6,13H2,1-2H3,(H,14,17)(H,15,16)(H2,18,19,20)/t7-,8?,10-/m0/s1. The number of thiophene rings is 1. The molecule has 0 bridgehead atoms. The summed E-state index contributed by atoms with van der Waals surface area (Å²) in [6.45, 7) is 2.60. The van der Waals surface area contributed by atoms with Gasteiger partial charge in [-0.3, -0.25) is 14.2 Å².